The highest BCUT2D eigenvalue weighted by Crippen LogP contribution is 2.31. The Morgan fingerprint density at radius 1 is 1.33 bits per heavy atom. The summed E-state index contributed by atoms with van der Waals surface area (Å²) in [5, 5.41) is 8.08. The van der Waals surface area contributed by atoms with Gasteiger partial charge in [0.1, 0.15) is 22.8 Å². The van der Waals surface area contributed by atoms with E-state index in [1.54, 1.807) is 7.11 Å². The Morgan fingerprint density at radius 2 is 2.17 bits per heavy atom. The lowest BCUT2D eigenvalue weighted by atomic mass is 9.96. The fourth-order valence-corrected chi connectivity index (χ4v) is 4.02. The molecule has 30 heavy (non-hydrogen) atoms. The number of para-hydroxylation sites is 1. The second kappa shape index (κ2) is 8.69. The molecule has 3 aromatic rings. The van der Waals surface area contributed by atoms with Gasteiger partial charge < -0.3 is 19.5 Å². The van der Waals surface area contributed by atoms with Crippen LogP contribution in [0.3, 0.4) is 0 Å². The van der Waals surface area contributed by atoms with Gasteiger partial charge in [0.05, 0.1) is 18.7 Å². The number of carbonyl (C=O) groups excluding carboxylic acids is 1. The van der Waals surface area contributed by atoms with E-state index in [-0.39, 0.29) is 11.8 Å². The van der Waals surface area contributed by atoms with Gasteiger partial charge in [0.15, 0.2) is 0 Å². The van der Waals surface area contributed by atoms with E-state index in [9.17, 15) is 4.79 Å². The number of ether oxygens (including phenoxy) is 1. The van der Waals surface area contributed by atoms with Crippen molar-refractivity contribution in [3.63, 3.8) is 0 Å². The van der Waals surface area contributed by atoms with Gasteiger partial charge in [-0.1, -0.05) is 30.3 Å². The summed E-state index contributed by atoms with van der Waals surface area (Å²) in [4.78, 5) is 24.1. The summed E-state index contributed by atoms with van der Waals surface area (Å²) in [5.41, 5.74) is 2.33. The molecule has 1 aromatic carbocycles. The van der Waals surface area contributed by atoms with E-state index in [1.165, 1.54) is 0 Å². The summed E-state index contributed by atoms with van der Waals surface area (Å²) < 4.78 is 10.8. The van der Waals surface area contributed by atoms with E-state index >= 15 is 0 Å². The molecule has 1 saturated heterocycles. The van der Waals surface area contributed by atoms with Crippen molar-refractivity contribution in [2.75, 3.05) is 25.1 Å². The van der Waals surface area contributed by atoms with Gasteiger partial charge in [-0.2, -0.15) is 4.98 Å². The van der Waals surface area contributed by atoms with Crippen molar-refractivity contribution < 1.29 is 14.1 Å². The Morgan fingerprint density at radius 3 is 2.97 bits per heavy atom. The predicted molar refractivity (Wildman–Crippen MR) is 113 cm³/mol. The molecule has 8 heteroatoms. The van der Waals surface area contributed by atoms with Crippen LogP contribution in [0.5, 0.6) is 5.75 Å². The first-order valence-corrected chi connectivity index (χ1v) is 10.4. The molecular formula is C22H27N5O3. The molecular weight excluding hydrogens is 382 g/mol. The van der Waals surface area contributed by atoms with E-state index in [1.807, 2.05) is 38.1 Å². The van der Waals surface area contributed by atoms with Gasteiger partial charge in [-0.15, -0.1) is 0 Å². The first kappa shape index (κ1) is 20.1. The highest BCUT2D eigenvalue weighted by atomic mass is 16.5. The average molecular weight is 409 g/mol. The number of aromatic nitrogens is 3. The minimum absolute atomic E-state index is 0.0497. The molecule has 8 nitrogen and oxygen atoms in total. The van der Waals surface area contributed by atoms with Crippen molar-refractivity contribution in [1.82, 2.24) is 20.4 Å². The number of nitrogens with one attached hydrogen (secondary N) is 1. The molecule has 3 heterocycles. The van der Waals surface area contributed by atoms with E-state index in [4.69, 9.17) is 9.26 Å². The molecule has 4 rings (SSSR count). The summed E-state index contributed by atoms with van der Waals surface area (Å²) in [7, 11) is 1.64. The van der Waals surface area contributed by atoms with Gasteiger partial charge in [-0.05, 0) is 32.3 Å². The molecule has 1 aliphatic heterocycles. The van der Waals surface area contributed by atoms with Crippen LogP contribution in [0.1, 0.15) is 36.8 Å². The van der Waals surface area contributed by atoms with Crippen LogP contribution in [0.25, 0.3) is 11.1 Å². The highest BCUT2D eigenvalue weighted by Gasteiger charge is 2.29. The standard InChI is InChI=1S/C22H27N5O3/c1-4-17-19-20(24-14(2)25-22(19)30-26-17)27-11-7-9-16(13-27)21(28)23-12-15-8-5-6-10-18(15)29-3/h5-6,8,10,16H,4,7,9,11-13H2,1-3H3,(H,23,28)/t16-/m1/s1. The summed E-state index contributed by atoms with van der Waals surface area (Å²) >= 11 is 0. The number of aryl methyl sites for hydroxylation is 2. The maximum Gasteiger partial charge on any atom is 0.263 e. The zero-order valence-electron chi connectivity index (χ0n) is 17.6. The second-order valence-corrected chi connectivity index (χ2v) is 7.57. The van der Waals surface area contributed by atoms with Crippen LogP contribution in [0.2, 0.25) is 0 Å². The van der Waals surface area contributed by atoms with Crippen LogP contribution in [-0.2, 0) is 17.8 Å². The number of carbonyl (C=O) groups is 1. The normalized spacial score (nSPS) is 16.6. The van der Waals surface area contributed by atoms with Crippen LogP contribution in [0.4, 0.5) is 5.82 Å². The Balaban J connectivity index is 1.50. The molecule has 0 radical (unpaired) electrons. The maximum absolute atomic E-state index is 12.9. The molecule has 0 saturated carbocycles. The molecule has 2 aromatic heterocycles. The topological polar surface area (TPSA) is 93.4 Å². The fraction of sp³-hybridized carbons (Fsp3) is 0.455. The molecule has 0 unspecified atom stereocenters. The molecule has 1 amide bonds. The number of methoxy groups -OCH3 is 1. The number of benzene rings is 1. The van der Waals surface area contributed by atoms with Gasteiger partial charge in [-0.25, -0.2) is 4.98 Å². The summed E-state index contributed by atoms with van der Waals surface area (Å²) in [5.74, 6) is 2.18. The van der Waals surface area contributed by atoms with E-state index in [2.05, 4.69) is 25.3 Å². The summed E-state index contributed by atoms with van der Waals surface area (Å²) in [6.45, 7) is 5.78. The van der Waals surface area contributed by atoms with Crippen molar-refractivity contribution in [3.8, 4) is 5.75 Å². The third kappa shape index (κ3) is 3.94. The van der Waals surface area contributed by atoms with Crippen LogP contribution in [0, 0.1) is 12.8 Å². The number of piperidine rings is 1. The molecule has 0 aliphatic carbocycles. The number of rotatable bonds is 6. The average Bonchev–Trinajstić information content (AvgIpc) is 3.20. The van der Waals surface area contributed by atoms with Gasteiger partial charge >= 0.3 is 0 Å². The minimum atomic E-state index is -0.108. The van der Waals surface area contributed by atoms with Crippen LogP contribution < -0.4 is 15.0 Å². The lowest BCUT2D eigenvalue weighted by molar-refractivity contribution is -0.125. The van der Waals surface area contributed by atoms with E-state index in [0.29, 0.717) is 24.6 Å². The number of amides is 1. The van der Waals surface area contributed by atoms with Crippen LogP contribution in [-0.4, -0.2) is 41.2 Å². The lowest BCUT2D eigenvalue weighted by Gasteiger charge is -2.33. The molecule has 1 fully saturated rings. The lowest BCUT2D eigenvalue weighted by Crippen LogP contribution is -2.43. The molecule has 1 aliphatic rings. The first-order chi connectivity index (χ1) is 14.6. The first-order valence-electron chi connectivity index (χ1n) is 10.4. The molecule has 1 atom stereocenters. The number of hydrogen-bond acceptors (Lipinski definition) is 7. The van der Waals surface area contributed by atoms with E-state index < -0.39 is 0 Å². The Kier molecular flexibility index (Phi) is 5.83. The van der Waals surface area contributed by atoms with Crippen molar-refractivity contribution >= 4 is 22.8 Å². The van der Waals surface area contributed by atoms with Crippen molar-refractivity contribution in [2.24, 2.45) is 5.92 Å². The van der Waals surface area contributed by atoms with Gasteiger partial charge in [0.2, 0.25) is 5.91 Å². The van der Waals surface area contributed by atoms with Crippen molar-refractivity contribution in [2.45, 2.75) is 39.7 Å². The van der Waals surface area contributed by atoms with Crippen LogP contribution >= 0.6 is 0 Å². The number of fused-ring (bicyclic) bond motifs is 1. The summed E-state index contributed by atoms with van der Waals surface area (Å²) in [6.07, 6.45) is 2.51. The summed E-state index contributed by atoms with van der Waals surface area (Å²) in [6, 6.07) is 7.73. The number of nitrogens with zero attached hydrogens (tertiary/aromatic N) is 4. The minimum Gasteiger partial charge on any atom is -0.496 e. The smallest absolute Gasteiger partial charge is 0.263 e. The SMILES string of the molecule is CCc1noc2nc(C)nc(N3CCC[C@@H](C(=O)NCc4ccccc4OC)C3)c12. The number of anilines is 1. The quantitative estimate of drug-likeness (QED) is 0.669. The Hall–Kier alpha value is -3.16. The third-order valence-electron chi connectivity index (χ3n) is 5.57. The van der Waals surface area contributed by atoms with Gasteiger partial charge in [0.25, 0.3) is 5.71 Å². The second-order valence-electron chi connectivity index (χ2n) is 7.57. The monoisotopic (exact) mass is 409 g/mol. The van der Waals surface area contributed by atoms with Gasteiger partial charge in [0, 0.05) is 25.2 Å². The molecule has 1 N–H and O–H groups in total. The highest BCUT2D eigenvalue weighted by molar-refractivity contribution is 5.89. The predicted octanol–water partition coefficient (Wildman–Crippen LogP) is 3.03. The van der Waals surface area contributed by atoms with Gasteiger partial charge in [-0.3, -0.25) is 4.79 Å². The van der Waals surface area contributed by atoms with E-state index in [0.717, 1.165) is 54.0 Å². The van der Waals surface area contributed by atoms with Crippen LogP contribution in [0.15, 0.2) is 28.8 Å². The number of hydrogen-bond donors (Lipinski definition) is 1. The maximum atomic E-state index is 12.9. The Bertz CT molecular complexity index is 1050. The van der Waals surface area contributed by atoms with Crippen molar-refractivity contribution in [3.05, 3.63) is 41.3 Å². The fourth-order valence-electron chi connectivity index (χ4n) is 4.02. The Labute approximate surface area is 175 Å². The zero-order valence-corrected chi connectivity index (χ0v) is 17.6. The molecule has 158 valence electrons. The largest absolute Gasteiger partial charge is 0.496 e. The van der Waals surface area contributed by atoms with Crippen molar-refractivity contribution in [1.29, 1.82) is 0 Å². The molecule has 0 bridgehead atoms. The molecule has 0 spiro atoms. The zero-order chi connectivity index (χ0) is 21.1. The third-order valence-corrected chi connectivity index (χ3v) is 5.57.